The molecule has 1 atom stereocenters. The van der Waals surface area contributed by atoms with Crippen LogP contribution in [0, 0.1) is 0 Å². The molecule has 1 unspecified atom stereocenters. The lowest BCUT2D eigenvalue weighted by Gasteiger charge is -2.21. The largest absolute Gasteiger partial charge is 0.325 e. The number of fused-ring (bicyclic) bond motifs is 1. The number of benzene rings is 1. The first-order valence-corrected chi connectivity index (χ1v) is 7.81. The highest BCUT2D eigenvalue weighted by atomic mass is 16.2. The fourth-order valence-corrected chi connectivity index (χ4v) is 3.03. The van der Waals surface area contributed by atoms with Crippen LogP contribution in [0.3, 0.4) is 0 Å². The molecule has 1 aromatic rings. The summed E-state index contributed by atoms with van der Waals surface area (Å²) in [5.74, 6) is -0.839. The van der Waals surface area contributed by atoms with Gasteiger partial charge in [-0.1, -0.05) is 26.0 Å². The normalized spacial score (nSPS) is 16.9. The van der Waals surface area contributed by atoms with E-state index in [9.17, 15) is 9.59 Å². The molecule has 1 N–H and O–H groups in total. The van der Waals surface area contributed by atoms with Crippen LogP contribution in [-0.2, 0) is 16.0 Å². The molecule has 0 saturated heterocycles. The zero-order valence-electron chi connectivity index (χ0n) is 12.9. The zero-order valence-corrected chi connectivity index (χ0v) is 12.9. The average Bonchev–Trinajstić information content (AvgIpc) is 2.81. The third-order valence-corrected chi connectivity index (χ3v) is 3.96. The number of anilines is 1. The van der Waals surface area contributed by atoms with Gasteiger partial charge in [-0.3, -0.25) is 4.79 Å². The lowest BCUT2D eigenvalue weighted by Crippen LogP contribution is -2.28. The number of rotatable bonds is 8. The molecule has 0 spiro atoms. The Labute approximate surface area is 126 Å². The van der Waals surface area contributed by atoms with Gasteiger partial charge in [0.05, 0.1) is 0 Å². The molecule has 0 saturated carbocycles. The van der Waals surface area contributed by atoms with Crippen molar-refractivity contribution in [2.24, 2.45) is 0 Å². The summed E-state index contributed by atoms with van der Waals surface area (Å²) in [6.07, 6.45) is 3.91. The molecule has 2 rings (SSSR count). The lowest BCUT2D eigenvalue weighted by atomic mass is 9.94. The Morgan fingerprint density at radius 2 is 1.90 bits per heavy atom. The van der Waals surface area contributed by atoms with E-state index in [4.69, 9.17) is 0 Å². The summed E-state index contributed by atoms with van der Waals surface area (Å²) in [6, 6.07) is 5.85. The summed E-state index contributed by atoms with van der Waals surface area (Å²) < 4.78 is 0. The number of aldehydes is 1. The molecule has 1 heterocycles. The maximum absolute atomic E-state index is 11.8. The van der Waals surface area contributed by atoms with Crippen LogP contribution in [-0.4, -0.2) is 36.7 Å². The van der Waals surface area contributed by atoms with E-state index in [1.807, 2.05) is 18.2 Å². The van der Waals surface area contributed by atoms with Gasteiger partial charge in [-0.15, -0.1) is 0 Å². The molecule has 21 heavy (non-hydrogen) atoms. The summed E-state index contributed by atoms with van der Waals surface area (Å²) in [4.78, 5) is 25.5. The van der Waals surface area contributed by atoms with Crippen molar-refractivity contribution in [3.63, 3.8) is 0 Å². The molecular formula is C17H24N2O2. The van der Waals surface area contributed by atoms with E-state index in [2.05, 4.69) is 24.1 Å². The van der Waals surface area contributed by atoms with E-state index in [1.54, 1.807) is 0 Å². The molecule has 1 amide bonds. The Morgan fingerprint density at radius 3 is 2.52 bits per heavy atom. The topological polar surface area (TPSA) is 49.4 Å². The minimum absolute atomic E-state index is 0.202. The van der Waals surface area contributed by atoms with E-state index >= 15 is 0 Å². The van der Waals surface area contributed by atoms with Crippen LogP contribution in [0.15, 0.2) is 18.2 Å². The van der Waals surface area contributed by atoms with Crippen molar-refractivity contribution in [2.75, 3.05) is 25.0 Å². The Bertz CT molecular complexity index is 508. The van der Waals surface area contributed by atoms with Gasteiger partial charge in [0.2, 0.25) is 5.91 Å². The molecule has 114 valence electrons. The van der Waals surface area contributed by atoms with Crippen LogP contribution in [0.1, 0.15) is 43.7 Å². The Hall–Kier alpha value is -1.68. The van der Waals surface area contributed by atoms with Crippen molar-refractivity contribution in [3.05, 3.63) is 29.3 Å². The minimum atomic E-state index is -0.637. The Morgan fingerprint density at radius 1 is 1.19 bits per heavy atom. The third kappa shape index (κ3) is 3.50. The van der Waals surface area contributed by atoms with Crippen LogP contribution in [0.2, 0.25) is 0 Å². The lowest BCUT2D eigenvalue weighted by molar-refractivity contribution is -0.121. The van der Waals surface area contributed by atoms with E-state index in [0.717, 1.165) is 62.0 Å². The molecular weight excluding hydrogens is 264 g/mol. The maximum Gasteiger partial charge on any atom is 0.239 e. The SMILES string of the molecule is CCCN(CCC)CCc1cccc2c1C(C=O)C(=O)N2. The molecule has 1 aliphatic heterocycles. The maximum atomic E-state index is 11.8. The molecule has 0 aliphatic carbocycles. The fourth-order valence-electron chi connectivity index (χ4n) is 3.03. The summed E-state index contributed by atoms with van der Waals surface area (Å²) in [7, 11) is 0. The van der Waals surface area contributed by atoms with Crippen LogP contribution in [0.5, 0.6) is 0 Å². The Kier molecular flexibility index (Phi) is 5.51. The number of carbonyl (C=O) groups excluding carboxylic acids is 2. The van der Waals surface area contributed by atoms with Crippen LogP contribution >= 0.6 is 0 Å². The summed E-state index contributed by atoms with van der Waals surface area (Å²) in [6.45, 7) is 7.54. The highest BCUT2D eigenvalue weighted by Crippen LogP contribution is 2.34. The molecule has 1 aromatic carbocycles. The zero-order chi connectivity index (χ0) is 15.2. The minimum Gasteiger partial charge on any atom is -0.325 e. The predicted molar refractivity (Wildman–Crippen MR) is 84.6 cm³/mol. The second kappa shape index (κ2) is 7.36. The van der Waals surface area contributed by atoms with Crippen LogP contribution in [0.4, 0.5) is 5.69 Å². The number of nitrogens with zero attached hydrogens (tertiary/aromatic N) is 1. The highest BCUT2D eigenvalue weighted by molar-refractivity contribution is 6.11. The number of hydrogen-bond acceptors (Lipinski definition) is 3. The summed E-state index contributed by atoms with van der Waals surface area (Å²) in [5, 5.41) is 2.79. The smallest absolute Gasteiger partial charge is 0.239 e. The van der Waals surface area contributed by atoms with Gasteiger partial charge in [0.15, 0.2) is 0 Å². The average molecular weight is 288 g/mol. The second-order valence-corrected chi connectivity index (χ2v) is 5.57. The third-order valence-electron chi connectivity index (χ3n) is 3.96. The first-order chi connectivity index (χ1) is 10.2. The number of nitrogens with one attached hydrogen (secondary N) is 1. The first-order valence-electron chi connectivity index (χ1n) is 7.81. The van der Waals surface area contributed by atoms with Crippen molar-refractivity contribution in [3.8, 4) is 0 Å². The molecule has 0 bridgehead atoms. The van der Waals surface area contributed by atoms with Crippen molar-refractivity contribution in [2.45, 2.75) is 39.0 Å². The van der Waals surface area contributed by atoms with E-state index < -0.39 is 5.92 Å². The van der Waals surface area contributed by atoms with Gasteiger partial charge in [-0.25, -0.2) is 0 Å². The van der Waals surface area contributed by atoms with Gasteiger partial charge in [-0.05, 0) is 49.5 Å². The van der Waals surface area contributed by atoms with Gasteiger partial charge < -0.3 is 15.0 Å². The molecule has 4 nitrogen and oxygen atoms in total. The van der Waals surface area contributed by atoms with Crippen molar-refractivity contribution in [1.82, 2.24) is 4.90 Å². The molecule has 4 heteroatoms. The quantitative estimate of drug-likeness (QED) is 0.591. The van der Waals surface area contributed by atoms with Gasteiger partial charge in [0.25, 0.3) is 0 Å². The Balaban J connectivity index is 2.13. The molecule has 0 aromatic heterocycles. The number of hydrogen-bond donors (Lipinski definition) is 1. The predicted octanol–water partition coefficient (Wildman–Crippen LogP) is 2.59. The van der Waals surface area contributed by atoms with Gasteiger partial charge in [0, 0.05) is 12.2 Å². The van der Waals surface area contributed by atoms with Crippen molar-refractivity contribution in [1.29, 1.82) is 0 Å². The van der Waals surface area contributed by atoms with Gasteiger partial charge >= 0.3 is 0 Å². The second-order valence-electron chi connectivity index (χ2n) is 5.57. The monoisotopic (exact) mass is 288 g/mol. The van der Waals surface area contributed by atoms with E-state index in [1.165, 1.54) is 0 Å². The van der Waals surface area contributed by atoms with Gasteiger partial charge in [-0.2, -0.15) is 0 Å². The standard InChI is InChI=1S/C17H24N2O2/c1-3-9-19(10-4-2)11-8-13-6-5-7-15-16(13)14(12-20)17(21)18-15/h5-7,12,14H,3-4,8-11H2,1-2H3,(H,18,21). The van der Waals surface area contributed by atoms with Crippen molar-refractivity contribution >= 4 is 17.9 Å². The summed E-state index contributed by atoms with van der Waals surface area (Å²) in [5.41, 5.74) is 2.79. The highest BCUT2D eigenvalue weighted by Gasteiger charge is 2.32. The van der Waals surface area contributed by atoms with Crippen LogP contribution < -0.4 is 5.32 Å². The fraction of sp³-hybridized carbons (Fsp3) is 0.529. The molecule has 0 fully saturated rings. The number of amides is 1. The van der Waals surface area contributed by atoms with E-state index in [-0.39, 0.29) is 5.91 Å². The molecule has 1 aliphatic rings. The van der Waals surface area contributed by atoms with E-state index in [0.29, 0.717) is 0 Å². The van der Waals surface area contributed by atoms with Crippen molar-refractivity contribution < 1.29 is 9.59 Å². The molecule has 0 radical (unpaired) electrons. The van der Waals surface area contributed by atoms with Gasteiger partial charge in [0.1, 0.15) is 12.2 Å². The number of carbonyl (C=O) groups is 2. The summed E-state index contributed by atoms with van der Waals surface area (Å²) >= 11 is 0. The first kappa shape index (κ1) is 15.7. The van der Waals surface area contributed by atoms with Crippen LogP contribution in [0.25, 0.3) is 0 Å².